The second kappa shape index (κ2) is 2.62. The topological polar surface area (TPSA) is 15.3 Å². The molecule has 0 aromatic heterocycles. The number of nitrogens with zero attached hydrogens (tertiary/aromatic N) is 1. The highest BCUT2D eigenvalue weighted by Crippen LogP contribution is 2.20. The summed E-state index contributed by atoms with van der Waals surface area (Å²) in [4.78, 5) is 0. The van der Waals surface area contributed by atoms with Crippen LogP contribution in [0.2, 0.25) is 0 Å². The molecule has 1 unspecified atom stereocenters. The fourth-order valence-electron chi connectivity index (χ4n) is 1.56. The normalized spacial score (nSPS) is 26.4. The lowest BCUT2D eigenvalue weighted by Crippen LogP contribution is -2.32. The SMILES string of the molecule is CCC1=C(C)N(C)NC1C. The standard InChI is InChI=1S/C8H16N2/c1-5-8-6(2)9-10(4)7(8)3/h6,9H,5H2,1-4H3. The molecule has 0 saturated heterocycles. The molecule has 10 heavy (non-hydrogen) atoms. The molecule has 0 aliphatic carbocycles. The second-order valence-electron chi connectivity index (χ2n) is 2.87. The van der Waals surface area contributed by atoms with Crippen molar-refractivity contribution in [1.82, 2.24) is 10.4 Å². The summed E-state index contributed by atoms with van der Waals surface area (Å²) < 4.78 is 0. The molecule has 1 heterocycles. The van der Waals surface area contributed by atoms with E-state index in [0.717, 1.165) is 6.42 Å². The van der Waals surface area contributed by atoms with Gasteiger partial charge < -0.3 is 5.01 Å². The lowest BCUT2D eigenvalue weighted by atomic mass is 10.1. The van der Waals surface area contributed by atoms with Crippen LogP contribution in [-0.4, -0.2) is 18.1 Å². The molecule has 1 aliphatic heterocycles. The van der Waals surface area contributed by atoms with Crippen LogP contribution in [0.1, 0.15) is 27.2 Å². The molecule has 2 nitrogen and oxygen atoms in total. The molecule has 0 saturated carbocycles. The van der Waals surface area contributed by atoms with E-state index in [4.69, 9.17) is 0 Å². The van der Waals surface area contributed by atoms with Crippen LogP contribution in [0.25, 0.3) is 0 Å². The van der Waals surface area contributed by atoms with E-state index in [2.05, 4.69) is 38.3 Å². The van der Waals surface area contributed by atoms with Crippen molar-refractivity contribution in [3.8, 4) is 0 Å². The van der Waals surface area contributed by atoms with Gasteiger partial charge in [0.05, 0.1) is 0 Å². The maximum absolute atomic E-state index is 3.33. The van der Waals surface area contributed by atoms with Crippen LogP contribution in [0.4, 0.5) is 0 Å². The van der Waals surface area contributed by atoms with E-state index < -0.39 is 0 Å². The zero-order chi connectivity index (χ0) is 7.72. The lowest BCUT2D eigenvalue weighted by molar-refractivity contribution is 0.315. The quantitative estimate of drug-likeness (QED) is 0.594. The molecule has 0 spiro atoms. The summed E-state index contributed by atoms with van der Waals surface area (Å²) in [5.41, 5.74) is 6.24. The Morgan fingerprint density at radius 1 is 1.60 bits per heavy atom. The van der Waals surface area contributed by atoms with Gasteiger partial charge in [0.15, 0.2) is 0 Å². The molecular formula is C8H16N2. The van der Waals surface area contributed by atoms with Crippen LogP contribution in [-0.2, 0) is 0 Å². The Kier molecular flexibility index (Phi) is 2.00. The first-order valence-corrected chi connectivity index (χ1v) is 3.86. The van der Waals surface area contributed by atoms with Gasteiger partial charge in [-0.05, 0) is 25.8 Å². The van der Waals surface area contributed by atoms with Crippen LogP contribution in [0.3, 0.4) is 0 Å². The summed E-state index contributed by atoms with van der Waals surface area (Å²) in [7, 11) is 2.06. The van der Waals surface area contributed by atoms with Gasteiger partial charge in [0, 0.05) is 18.8 Å². The number of nitrogens with one attached hydrogen (secondary N) is 1. The van der Waals surface area contributed by atoms with Gasteiger partial charge in [-0.25, -0.2) is 5.43 Å². The average molecular weight is 140 g/mol. The fourth-order valence-corrected chi connectivity index (χ4v) is 1.56. The highest BCUT2D eigenvalue weighted by atomic mass is 15.5. The fraction of sp³-hybridized carbons (Fsp3) is 0.750. The third kappa shape index (κ3) is 1.03. The molecule has 0 aromatic carbocycles. The van der Waals surface area contributed by atoms with Crippen LogP contribution >= 0.6 is 0 Å². The van der Waals surface area contributed by atoms with Crippen LogP contribution in [0.5, 0.6) is 0 Å². The highest BCUT2D eigenvalue weighted by Gasteiger charge is 2.20. The minimum Gasteiger partial charge on any atom is -0.315 e. The Bertz CT molecular complexity index is 161. The average Bonchev–Trinajstić information content (AvgIpc) is 2.09. The molecule has 1 atom stereocenters. The Morgan fingerprint density at radius 3 is 2.40 bits per heavy atom. The number of hydrogen-bond donors (Lipinski definition) is 1. The van der Waals surface area contributed by atoms with Crippen molar-refractivity contribution in [1.29, 1.82) is 0 Å². The van der Waals surface area contributed by atoms with Gasteiger partial charge in [0.1, 0.15) is 0 Å². The highest BCUT2D eigenvalue weighted by molar-refractivity contribution is 5.20. The predicted molar refractivity (Wildman–Crippen MR) is 43.4 cm³/mol. The Labute approximate surface area is 62.9 Å². The van der Waals surface area contributed by atoms with Crippen LogP contribution < -0.4 is 5.43 Å². The van der Waals surface area contributed by atoms with Gasteiger partial charge in [0.2, 0.25) is 0 Å². The number of rotatable bonds is 1. The van der Waals surface area contributed by atoms with Gasteiger partial charge in [-0.1, -0.05) is 6.92 Å². The Morgan fingerprint density at radius 2 is 2.20 bits per heavy atom. The number of hydrazine groups is 1. The molecule has 0 radical (unpaired) electrons. The van der Waals surface area contributed by atoms with Gasteiger partial charge in [-0.15, -0.1) is 0 Å². The molecule has 0 bridgehead atoms. The van der Waals surface area contributed by atoms with E-state index in [1.165, 1.54) is 11.3 Å². The van der Waals surface area contributed by atoms with Crippen molar-refractivity contribution in [3.05, 3.63) is 11.3 Å². The molecule has 0 aromatic rings. The largest absolute Gasteiger partial charge is 0.315 e. The maximum atomic E-state index is 3.33. The van der Waals surface area contributed by atoms with E-state index in [1.54, 1.807) is 0 Å². The summed E-state index contributed by atoms with van der Waals surface area (Å²) >= 11 is 0. The molecule has 0 amide bonds. The third-order valence-corrected chi connectivity index (χ3v) is 2.26. The minimum absolute atomic E-state index is 0.537. The van der Waals surface area contributed by atoms with E-state index in [9.17, 15) is 0 Å². The van der Waals surface area contributed by atoms with Gasteiger partial charge in [-0.3, -0.25) is 0 Å². The predicted octanol–water partition coefficient (Wildman–Crippen LogP) is 1.51. The minimum atomic E-state index is 0.537. The summed E-state index contributed by atoms with van der Waals surface area (Å²) in [5, 5.41) is 2.10. The van der Waals surface area contributed by atoms with E-state index >= 15 is 0 Å². The first-order chi connectivity index (χ1) is 4.66. The first-order valence-electron chi connectivity index (χ1n) is 3.86. The van der Waals surface area contributed by atoms with Crippen molar-refractivity contribution in [2.75, 3.05) is 7.05 Å². The van der Waals surface area contributed by atoms with Gasteiger partial charge >= 0.3 is 0 Å². The molecule has 1 rings (SSSR count). The molecule has 0 fully saturated rings. The van der Waals surface area contributed by atoms with Gasteiger partial charge in [0.25, 0.3) is 0 Å². The molecular weight excluding hydrogens is 124 g/mol. The van der Waals surface area contributed by atoms with Crippen molar-refractivity contribution in [3.63, 3.8) is 0 Å². The first kappa shape index (κ1) is 7.61. The Balaban J connectivity index is 2.79. The van der Waals surface area contributed by atoms with Crippen molar-refractivity contribution in [2.45, 2.75) is 33.2 Å². The second-order valence-corrected chi connectivity index (χ2v) is 2.87. The van der Waals surface area contributed by atoms with Crippen molar-refractivity contribution in [2.24, 2.45) is 0 Å². The van der Waals surface area contributed by atoms with Crippen LogP contribution in [0.15, 0.2) is 11.3 Å². The number of allylic oxidation sites excluding steroid dienone is 1. The zero-order valence-corrected chi connectivity index (χ0v) is 7.23. The van der Waals surface area contributed by atoms with Crippen LogP contribution in [0, 0.1) is 0 Å². The Hall–Kier alpha value is -0.500. The third-order valence-electron chi connectivity index (χ3n) is 2.26. The van der Waals surface area contributed by atoms with E-state index in [0.29, 0.717) is 6.04 Å². The van der Waals surface area contributed by atoms with Crippen molar-refractivity contribution >= 4 is 0 Å². The van der Waals surface area contributed by atoms with E-state index in [-0.39, 0.29) is 0 Å². The maximum Gasteiger partial charge on any atom is 0.0463 e. The summed E-state index contributed by atoms with van der Waals surface area (Å²) in [5.74, 6) is 0. The monoisotopic (exact) mass is 140 g/mol. The molecule has 1 N–H and O–H groups in total. The lowest BCUT2D eigenvalue weighted by Gasteiger charge is -2.13. The van der Waals surface area contributed by atoms with E-state index in [1.807, 2.05) is 0 Å². The zero-order valence-electron chi connectivity index (χ0n) is 7.23. The summed E-state index contributed by atoms with van der Waals surface area (Å²) in [6.07, 6.45) is 1.16. The molecule has 2 heteroatoms. The smallest absolute Gasteiger partial charge is 0.0463 e. The summed E-state index contributed by atoms with van der Waals surface area (Å²) in [6, 6.07) is 0.537. The molecule has 1 aliphatic rings. The molecule has 58 valence electrons. The number of hydrogen-bond acceptors (Lipinski definition) is 2. The summed E-state index contributed by atoms with van der Waals surface area (Å²) in [6.45, 7) is 6.57. The van der Waals surface area contributed by atoms with Crippen molar-refractivity contribution < 1.29 is 0 Å². The van der Waals surface area contributed by atoms with Gasteiger partial charge in [-0.2, -0.15) is 0 Å².